The van der Waals surface area contributed by atoms with E-state index in [0.717, 1.165) is 22.9 Å². The van der Waals surface area contributed by atoms with Crippen molar-refractivity contribution < 1.29 is 8.42 Å². The van der Waals surface area contributed by atoms with Gasteiger partial charge in [0.25, 0.3) is 0 Å². The van der Waals surface area contributed by atoms with Crippen molar-refractivity contribution in [3.8, 4) is 0 Å². The van der Waals surface area contributed by atoms with Gasteiger partial charge in [-0.1, -0.05) is 23.9 Å². The summed E-state index contributed by atoms with van der Waals surface area (Å²) >= 11 is 1.75. The van der Waals surface area contributed by atoms with Crippen molar-refractivity contribution in [1.82, 2.24) is 5.32 Å². The third-order valence-corrected chi connectivity index (χ3v) is 4.96. The number of hydrogen-bond donors (Lipinski definition) is 2. The zero-order valence-corrected chi connectivity index (χ0v) is 13.0. The number of amidine groups is 1. The second-order valence-electron chi connectivity index (χ2n) is 4.81. The van der Waals surface area contributed by atoms with Gasteiger partial charge >= 0.3 is 0 Å². The Morgan fingerprint density at radius 2 is 2.10 bits per heavy atom. The van der Waals surface area contributed by atoms with Crippen LogP contribution in [0.2, 0.25) is 0 Å². The summed E-state index contributed by atoms with van der Waals surface area (Å²) in [5, 5.41) is 9.41. The van der Waals surface area contributed by atoms with Crippen LogP contribution in [-0.4, -0.2) is 31.9 Å². The Morgan fingerprint density at radius 1 is 1.40 bits per heavy atom. The third kappa shape index (κ3) is 4.50. The van der Waals surface area contributed by atoms with E-state index in [0.29, 0.717) is 12.6 Å². The summed E-state index contributed by atoms with van der Waals surface area (Å²) in [7, 11) is -3.60. The summed E-state index contributed by atoms with van der Waals surface area (Å²) in [6.45, 7) is 2.85. The van der Waals surface area contributed by atoms with Crippen molar-refractivity contribution in [2.24, 2.45) is 10.1 Å². The number of thioether (sulfide) groups is 1. The monoisotopic (exact) mass is 313 g/mol. The summed E-state index contributed by atoms with van der Waals surface area (Å²) in [6, 6.07) is 7.12. The Balaban J connectivity index is 1.90. The maximum absolute atomic E-state index is 11.1. The number of nitrogens with one attached hydrogen (secondary N) is 1. The van der Waals surface area contributed by atoms with Crippen LogP contribution in [0.5, 0.6) is 0 Å². The van der Waals surface area contributed by atoms with E-state index in [1.807, 2.05) is 0 Å². The van der Waals surface area contributed by atoms with E-state index in [2.05, 4.69) is 17.2 Å². The first-order valence-corrected chi connectivity index (χ1v) is 9.04. The lowest BCUT2D eigenvalue weighted by atomic mass is 10.1. The normalized spacial score (nSPS) is 21.7. The topological polar surface area (TPSA) is 84.5 Å². The fourth-order valence-electron chi connectivity index (χ4n) is 1.88. The number of primary sulfonamides is 1. The maximum Gasteiger partial charge on any atom is 0.238 e. The van der Waals surface area contributed by atoms with Gasteiger partial charge in [0.05, 0.1) is 4.90 Å². The molecule has 20 heavy (non-hydrogen) atoms. The standard InChI is InChI=1S/C13H19N3O2S2/c1-10-7-9-19-13(16-10)15-8-6-11-2-4-12(5-3-11)20(14,17)18/h2-5,10H,6-9H2,1H3,(H,15,16)(H2,14,17,18). The maximum atomic E-state index is 11.1. The van der Waals surface area contributed by atoms with Crippen LogP contribution in [0.1, 0.15) is 18.9 Å². The third-order valence-electron chi connectivity index (χ3n) is 3.07. The van der Waals surface area contributed by atoms with E-state index in [1.54, 1.807) is 23.9 Å². The lowest BCUT2D eigenvalue weighted by molar-refractivity contribution is 0.598. The van der Waals surface area contributed by atoms with Gasteiger partial charge in [-0.25, -0.2) is 13.6 Å². The van der Waals surface area contributed by atoms with Crippen LogP contribution in [0.15, 0.2) is 34.2 Å². The van der Waals surface area contributed by atoms with Gasteiger partial charge in [-0.3, -0.25) is 4.99 Å². The molecule has 5 nitrogen and oxygen atoms in total. The van der Waals surface area contributed by atoms with Crippen LogP contribution in [0, 0.1) is 0 Å². The van der Waals surface area contributed by atoms with Crippen molar-refractivity contribution in [3.63, 3.8) is 0 Å². The van der Waals surface area contributed by atoms with Gasteiger partial charge in [-0.05, 0) is 37.5 Å². The Kier molecular flexibility index (Phi) is 5.06. The highest BCUT2D eigenvalue weighted by atomic mass is 32.2. The molecule has 1 aromatic rings. The average molecular weight is 313 g/mol. The second-order valence-corrected chi connectivity index (χ2v) is 7.45. The SMILES string of the molecule is CC1CCSC(=NCCc2ccc(S(N)(=O)=O)cc2)N1. The van der Waals surface area contributed by atoms with E-state index < -0.39 is 10.0 Å². The molecule has 1 saturated heterocycles. The summed E-state index contributed by atoms with van der Waals surface area (Å²) < 4.78 is 22.3. The molecule has 1 aliphatic heterocycles. The summed E-state index contributed by atoms with van der Waals surface area (Å²) in [6.07, 6.45) is 1.95. The second kappa shape index (κ2) is 6.60. The first-order valence-electron chi connectivity index (χ1n) is 6.50. The number of nitrogens with two attached hydrogens (primary N) is 1. The zero-order chi connectivity index (χ0) is 14.6. The number of benzene rings is 1. The number of rotatable bonds is 4. The van der Waals surface area contributed by atoms with Crippen LogP contribution >= 0.6 is 11.8 Å². The molecule has 0 bridgehead atoms. The first kappa shape index (κ1) is 15.3. The highest BCUT2D eigenvalue weighted by Crippen LogP contribution is 2.14. The number of aliphatic imine (C=N–C) groups is 1. The minimum atomic E-state index is -3.60. The number of sulfonamides is 1. The molecule has 7 heteroatoms. The van der Waals surface area contributed by atoms with Crippen LogP contribution in [0.3, 0.4) is 0 Å². The average Bonchev–Trinajstić information content (AvgIpc) is 2.38. The largest absolute Gasteiger partial charge is 0.362 e. The minimum absolute atomic E-state index is 0.144. The van der Waals surface area contributed by atoms with E-state index in [4.69, 9.17) is 5.14 Å². The molecule has 1 heterocycles. The predicted molar refractivity (Wildman–Crippen MR) is 83.5 cm³/mol. The van der Waals surface area contributed by atoms with E-state index in [1.165, 1.54) is 18.6 Å². The summed E-state index contributed by atoms with van der Waals surface area (Å²) in [5.41, 5.74) is 1.05. The quantitative estimate of drug-likeness (QED) is 0.878. The molecular formula is C13H19N3O2S2. The van der Waals surface area contributed by atoms with Gasteiger partial charge in [-0.2, -0.15) is 0 Å². The molecule has 110 valence electrons. The molecule has 2 rings (SSSR count). The molecule has 0 saturated carbocycles. The highest BCUT2D eigenvalue weighted by Gasteiger charge is 2.12. The van der Waals surface area contributed by atoms with Gasteiger partial charge < -0.3 is 5.32 Å². The van der Waals surface area contributed by atoms with Crippen molar-refractivity contribution in [1.29, 1.82) is 0 Å². The van der Waals surface area contributed by atoms with Gasteiger partial charge in [0.15, 0.2) is 5.17 Å². The molecule has 1 fully saturated rings. The molecule has 3 N–H and O–H groups in total. The van der Waals surface area contributed by atoms with E-state index >= 15 is 0 Å². The van der Waals surface area contributed by atoms with Gasteiger partial charge in [0.2, 0.25) is 10.0 Å². The fraction of sp³-hybridized carbons (Fsp3) is 0.462. The predicted octanol–water partition coefficient (Wildman–Crippen LogP) is 1.35. The number of nitrogens with zero attached hydrogens (tertiary/aromatic N) is 1. The summed E-state index contributed by atoms with van der Waals surface area (Å²) in [5.74, 6) is 1.11. The Hall–Kier alpha value is -1.05. The zero-order valence-electron chi connectivity index (χ0n) is 11.4. The molecule has 1 atom stereocenters. The van der Waals surface area contributed by atoms with Crippen LogP contribution in [-0.2, 0) is 16.4 Å². The van der Waals surface area contributed by atoms with E-state index in [-0.39, 0.29) is 4.90 Å². The van der Waals surface area contributed by atoms with Crippen LogP contribution in [0.4, 0.5) is 0 Å². The molecular weight excluding hydrogens is 294 g/mol. The van der Waals surface area contributed by atoms with Gasteiger partial charge in [0.1, 0.15) is 0 Å². The van der Waals surface area contributed by atoms with Crippen molar-refractivity contribution in [2.45, 2.75) is 30.7 Å². The Morgan fingerprint density at radius 3 is 2.70 bits per heavy atom. The van der Waals surface area contributed by atoms with Gasteiger partial charge in [-0.15, -0.1) is 0 Å². The van der Waals surface area contributed by atoms with E-state index in [9.17, 15) is 8.42 Å². The minimum Gasteiger partial charge on any atom is -0.362 e. The molecule has 0 spiro atoms. The van der Waals surface area contributed by atoms with Gasteiger partial charge in [0, 0.05) is 18.3 Å². The fourth-order valence-corrected chi connectivity index (χ4v) is 3.53. The molecule has 0 amide bonds. The molecule has 1 unspecified atom stereocenters. The highest BCUT2D eigenvalue weighted by molar-refractivity contribution is 8.13. The first-order chi connectivity index (χ1) is 9.45. The van der Waals surface area contributed by atoms with Crippen LogP contribution < -0.4 is 10.5 Å². The van der Waals surface area contributed by atoms with Crippen molar-refractivity contribution in [3.05, 3.63) is 29.8 Å². The molecule has 0 radical (unpaired) electrons. The Bertz CT molecular complexity index is 582. The van der Waals surface area contributed by atoms with Crippen molar-refractivity contribution in [2.75, 3.05) is 12.3 Å². The smallest absolute Gasteiger partial charge is 0.238 e. The molecule has 1 aromatic carbocycles. The molecule has 1 aliphatic rings. The molecule has 0 aromatic heterocycles. The lowest BCUT2D eigenvalue weighted by Crippen LogP contribution is -2.35. The number of hydrogen-bond acceptors (Lipinski definition) is 4. The lowest BCUT2D eigenvalue weighted by Gasteiger charge is -2.21. The van der Waals surface area contributed by atoms with Crippen molar-refractivity contribution >= 4 is 27.0 Å². The van der Waals surface area contributed by atoms with Crippen LogP contribution in [0.25, 0.3) is 0 Å². The molecule has 0 aliphatic carbocycles. The Labute approximate surface area is 124 Å². The summed E-state index contributed by atoms with van der Waals surface area (Å²) in [4.78, 5) is 4.67.